The van der Waals surface area contributed by atoms with E-state index in [1.165, 1.54) is 0 Å². The molecule has 0 unspecified atom stereocenters. The van der Waals surface area contributed by atoms with Gasteiger partial charge < -0.3 is 15.4 Å². The van der Waals surface area contributed by atoms with Gasteiger partial charge in [-0.2, -0.15) is 15.1 Å². The van der Waals surface area contributed by atoms with Gasteiger partial charge in [-0.1, -0.05) is 12.1 Å². The number of fused-ring (bicyclic) bond motifs is 2. The van der Waals surface area contributed by atoms with Gasteiger partial charge in [0.05, 0.1) is 18.3 Å². The molecule has 0 spiro atoms. The van der Waals surface area contributed by atoms with Crippen LogP contribution in [0.3, 0.4) is 0 Å². The number of anilines is 2. The Morgan fingerprint density at radius 3 is 2.97 bits per heavy atom. The van der Waals surface area contributed by atoms with Crippen molar-refractivity contribution < 1.29 is 4.74 Å². The molecule has 0 radical (unpaired) electrons. The second-order valence-electron chi connectivity index (χ2n) is 9.54. The predicted molar refractivity (Wildman–Crippen MR) is 146 cm³/mol. The molecule has 0 aliphatic carbocycles. The first-order chi connectivity index (χ1) is 18.5. The number of hydrogen-bond donors (Lipinski definition) is 2. The summed E-state index contributed by atoms with van der Waals surface area (Å²) in [5.74, 6) is 1.40. The monoisotopic (exact) mass is 511 g/mol. The van der Waals surface area contributed by atoms with Gasteiger partial charge in [-0.3, -0.25) is 9.48 Å². The lowest BCUT2D eigenvalue weighted by molar-refractivity contribution is 0.138. The van der Waals surface area contributed by atoms with Crippen molar-refractivity contribution in [1.82, 2.24) is 39.4 Å². The molecule has 2 N–H and O–H groups in total. The molecule has 4 aromatic heterocycles. The number of aromatic nitrogens is 7. The highest BCUT2D eigenvalue weighted by Gasteiger charge is 2.22. The first-order valence-corrected chi connectivity index (χ1v) is 12.7. The highest BCUT2D eigenvalue weighted by atomic mass is 16.5. The molecule has 5 heterocycles. The zero-order chi connectivity index (χ0) is 26.2. The molecule has 6 rings (SSSR count). The lowest BCUT2D eigenvalue weighted by atomic mass is 10.0. The standard InChI is InChI=1S/C27H29N9O2/c1-4-12-35-26(37)21-16-29-27(31-19-8-9-22-18(14-19)15-30-34(22)3)33-25(21)36(35)23-6-5-7-24(32-23)38-20-10-11-28-17(2)13-20/h4-9,14-17,20,28H,1,10-13H2,2-3H3,(H,29,31,33)/t17-,20+/m0/s1. The molecule has 2 atom stereocenters. The summed E-state index contributed by atoms with van der Waals surface area (Å²) in [4.78, 5) is 27.2. The Morgan fingerprint density at radius 1 is 1.24 bits per heavy atom. The zero-order valence-corrected chi connectivity index (χ0v) is 21.3. The van der Waals surface area contributed by atoms with E-state index in [-0.39, 0.29) is 18.2 Å². The largest absolute Gasteiger partial charge is 0.474 e. The van der Waals surface area contributed by atoms with Crippen molar-refractivity contribution >= 4 is 33.6 Å². The molecule has 1 aliphatic heterocycles. The van der Waals surface area contributed by atoms with E-state index < -0.39 is 0 Å². The Labute approximate surface area is 218 Å². The highest BCUT2D eigenvalue weighted by Crippen LogP contribution is 2.23. The molecule has 5 aromatic rings. The summed E-state index contributed by atoms with van der Waals surface area (Å²) in [6.45, 7) is 7.17. The maximum atomic E-state index is 13.3. The van der Waals surface area contributed by atoms with Crippen LogP contribution in [0.15, 0.2) is 66.2 Å². The summed E-state index contributed by atoms with van der Waals surface area (Å²) in [5, 5.41) is 12.4. The van der Waals surface area contributed by atoms with Crippen LogP contribution in [0.5, 0.6) is 5.88 Å². The molecule has 0 saturated carbocycles. The lowest BCUT2D eigenvalue weighted by Gasteiger charge is -2.28. The molecule has 194 valence electrons. The number of ether oxygens (including phenoxy) is 1. The van der Waals surface area contributed by atoms with Gasteiger partial charge in [-0.15, -0.1) is 6.58 Å². The minimum Gasteiger partial charge on any atom is -0.474 e. The first kappa shape index (κ1) is 23.9. The topological polar surface area (TPSA) is 117 Å². The van der Waals surface area contributed by atoms with Gasteiger partial charge in [0.25, 0.3) is 5.56 Å². The van der Waals surface area contributed by atoms with E-state index >= 15 is 0 Å². The van der Waals surface area contributed by atoms with Crippen LogP contribution in [-0.2, 0) is 13.6 Å². The van der Waals surface area contributed by atoms with Crippen molar-refractivity contribution in [2.45, 2.75) is 38.5 Å². The van der Waals surface area contributed by atoms with Crippen molar-refractivity contribution in [3.8, 4) is 11.7 Å². The fraction of sp³-hybridized carbons (Fsp3) is 0.296. The van der Waals surface area contributed by atoms with Gasteiger partial charge >= 0.3 is 0 Å². The molecule has 1 fully saturated rings. The summed E-state index contributed by atoms with van der Waals surface area (Å²) in [6, 6.07) is 11.9. The average molecular weight is 512 g/mol. The maximum Gasteiger partial charge on any atom is 0.278 e. The summed E-state index contributed by atoms with van der Waals surface area (Å²) in [5.41, 5.74) is 2.06. The quantitative estimate of drug-likeness (QED) is 0.320. The molecule has 11 nitrogen and oxygen atoms in total. The third-order valence-corrected chi connectivity index (χ3v) is 6.77. The van der Waals surface area contributed by atoms with E-state index in [9.17, 15) is 4.79 Å². The Morgan fingerprint density at radius 2 is 2.13 bits per heavy atom. The summed E-state index contributed by atoms with van der Waals surface area (Å²) < 4.78 is 11.3. The van der Waals surface area contributed by atoms with Crippen LogP contribution in [0.1, 0.15) is 19.8 Å². The molecule has 1 aromatic carbocycles. The van der Waals surface area contributed by atoms with E-state index in [4.69, 9.17) is 14.7 Å². The number of nitrogens with one attached hydrogen (secondary N) is 2. The molecule has 0 amide bonds. The summed E-state index contributed by atoms with van der Waals surface area (Å²) in [7, 11) is 1.90. The molecular weight excluding hydrogens is 482 g/mol. The van der Waals surface area contributed by atoms with E-state index in [1.54, 1.807) is 21.6 Å². The zero-order valence-electron chi connectivity index (χ0n) is 21.3. The molecule has 38 heavy (non-hydrogen) atoms. The van der Waals surface area contributed by atoms with Gasteiger partial charge in [0.2, 0.25) is 11.8 Å². The number of benzene rings is 1. The van der Waals surface area contributed by atoms with Crippen LogP contribution < -0.4 is 20.9 Å². The van der Waals surface area contributed by atoms with Crippen LogP contribution in [0.2, 0.25) is 0 Å². The fourth-order valence-electron chi connectivity index (χ4n) is 4.93. The van der Waals surface area contributed by atoms with Crippen molar-refractivity contribution in [2.75, 3.05) is 11.9 Å². The normalized spacial score (nSPS) is 17.6. The minimum atomic E-state index is -0.219. The van der Waals surface area contributed by atoms with E-state index in [0.717, 1.165) is 36.0 Å². The Bertz CT molecular complexity index is 1700. The number of aryl methyl sites for hydroxylation is 1. The number of hydrogen-bond acceptors (Lipinski definition) is 8. The predicted octanol–water partition coefficient (Wildman–Crippen LogP) is 3.31. The summed E-state index contributed by atoms with van der Waals surface area (Å²) >= 11 is 0. The van der Waals surface area contributed by atoms with Gasteiger partial charge in [0.1, 0.15) is 11.5 Å². The van der Waals surface area contributed by atoms with Gasteiger partial charge in [0.15, 0.2) is 11.5 Å². The Hall–Kier alpha value is -4.51. The molecule has 0 bridgehead atoms. The maximum absolute atomic E-state index is 13.3. The smallest absolute Gasteiger partial charge is 0.278 e. The number of nitrogens with zero attached hydrogens (tertiary/aromatic N) is 7. The molecular formula is C27H29N9O2. The minimum absolute atomic E-state index is 0.0843. The third-order valence-electron chi connectivity index (χ3n) is 6.77. The van der Waals surface area contributed by atoms with Crippen molar-refractivity contribution in [1.29, 1.82) is 0 Å². The van der Waals surface area contributed by atoms with E-state index in [0.29, 0.717) is 34.7 Å². The van der Waals surface area contributed by atoms with E-state index in [1.807, 2.05) is 54.3 Å². The van der Waals surface area contributed by atoms with Crippen LogP contribution in [0.4, 0.5) is 11.6 Å². The van der Waals surface area contributed by atoms with Gasteiger partial charge in [-0.25, -0.2) is 14.3 Å². The van der Waals surface area contributed by atoms with Crippen LogP contribution in [-0.4, -0.2) is 52.8 Å². The lowest BCUT2D eigenvalue weighted by Crippen LogP contribution is -2.40. The second-order valence-corrected chi connectivity index (χ2v) is 9.54. The first-order valence-electron chi connectivity index (χ1n) is 12.7. The molecule has 1 aliphatic rings. The average Bonchev–Trinajstić information content (AvgIpc) is 3.41. The number of rotatable bonds is 7. The van der Waals surface area contributed by atoms with Crippen molar-refractivity contribution in [2.24, 2.45) is 7.05 Å². The molecule has 1 saturated heterocycles. The second kappa shape index (κ2) is 9.75. The van der Waals surface area contributed by atoms with Gasteiger partial charge in [0, 0.05) is 36.4 Å². The number of piperidine rings is 1. The van der Waals surface area contributed by atoms with Crippen LogP contribution in [0, 0.1) is 0 Å². The van der Waals surface area contributed by atoms with Crippen molar-refractivity contribution in [3.63, 3.8) is 0 Å². The number of allylic oxidation sites excluding steroid dienone is 1. The fourth-order valence-corrected chi connectivity index (χ4v) is 4.93. The Balaban J connectivity index is 1.39. The van der Waals surface area contributed by atoms with Gasteiger partial charge in [-0.05, 0) is 50.6 Å². The van der Waals surface area contributed by atoms with Crippen molar-refractivity contribution in [3.05, 3.63) is 71.8 Å². The van der Waals surface area contributed by atoms with Crippen LogP contribution >= 0.6 is 0 Å². The molecule has 11 heteroatoms. The number of pyridine rings is 1. The van der Waals surface area contributed by atoms with Crippen LogP contribution in [0.25, 0.3) is 27.8 Å². The highest BCUT2D eigenvalue weighted by molar-refractivity contribution is 5.83. The Kier molecular flexibility index (Phi) is 6.12. The van der Waals surface area contributed by atoms with E-state index in [2.05, 4.69) is 34.2 Å². The summed E-state index contributed by atoms with van der Waals surface area (Å²) in [6.07, 6.45) is 6.93. The third kappa shape index (κ3) is 4.41. The SMILES string of the molecule is C=CCn1c(=O)c2cnc(Nc3ccc4c(cnn4C)c3)nc2n1-c1cccc(O[C@@H]2CCN[C@@H](C)C2)n1.